The van der Waals surface area contributed by atoms with Gasteiger partial charge in [-0.05, 0) is 51.6 Å². The maximum absolute atomic E-state index is 5.82. The molecule has 0 amide bonds. The van der Waals surface area contributed by atoms with Gasteiger partial charge < -0.3 is 10.1 Å². The van der Waals surface area contributed by atoms with E-state index in [4.69, 9.17) is 4.74 Å². The lowest BCUT2D eigenvalue weighted by Gasteiger charge is -2.42. The van der Waals surface area contributed by atoms with E-state index in [0.717, 1.165) is 25.6 Å². The van der Waals surface area contributed by atoms with Gasteiger partial charge in [0.05, 0.1) is 6.10 Å². The molecular formula is C17H34N2O. The minimum Gasteiger partial charge on any atom is -0.377 e. The van der Waals surface area contributed by atoms with Gasteiger partial charge in [-0.3, -0.25) is 4.90 Å². The molecule has 0 aromatic heterocycles. The summed E-state index contributed by atoms with van der Waals surface area (Å²) in [6, 6.07) is 1.38. The molecule has 1 saturated carbocycles. The van der Waals surface area contributed by atoms with E-state index in [1.54, 1.807) is 0 Å². The maximum atomic E-state index is 5.82. The topological polar surface area (TPSA) is 24.5 Å². The second-order valence-corrected chi connectivity index (χ2v) is 6.77. The molecule has 1 N–H and O–H groups in total. The van der Waals surface area contributed by atoms with Crippen molar-refractivity contribution in [3.8, 4) is 0 Å². The van der Waals surface area contributed by atoms with Crippen LogP contribution in [0.2, 0.25) is 0 Å². The Kier molecular flexibility index (Phi) is 6.79. The average Bonchev–Trinajstić information content (AvgIpc) is 2.94. The van der Waals surface area contributed by atoms with E-state index in [0.29, 0.717) is 18.2 Å². The van der Waals surface area contributed by atoms with E-state index in [2.05, 4.69) is 31.1 Å². The Balaban J connectivity index is 1.90. The van der Waals surface area contributed by atoms with E-state index in [9.17, 15) is 0 Å². The number of hydrogen-bond donors (Lipinski definition) is 1. The molecule has 1 heterocycles. The van der Waals surface area contributed by atoms with Gasteiger partial charge in [0.1, 0.15) is 0 Å². The first kappa shape index (κ1) is 16.3. The van der Waals surface area contributed by atoms with Crippen LogP contribution in [-0.4, -0.2) is 49.8 Å². The fourth-order valence-electron chi connectivity index (χ4n) is 4.13. The van der Waals surface area contributed by atoms with Crippen LogP contribution in [-0.2, 0) is 4.74 Å². The summed E-state index contributed by atoms with van der Waals surface area (Å²) in [6.07, 6.45) is 9.85. The van der Waals surface area contributed by atoms with Crippen LogP contribution in [0.25, 0.3) is 0 Å². The lowest BCUT2D eigenvalue weighted by molar-refractivity contribution is 0.0439. The Hall–Kier alpha value is -0.120. The van der Waals surface area contributed by atoms with Crippen LogP contribution >= 0.6 is 0 Å². The summed E-state index contributed by atoms with van der Waals surface area (Å²) in [4.78, 5) is 2.59. The first-order valence-corrected chi connectivity index (χ1v) is 8.79. The molecule has 4 unspecified atom stereocenters. The summed E-state index contributed by atoms with van der Waals surface area (Å²) in [7, 11) is 2.31. The van der Waals surface area contributed by atoms with Crippen molar-refractivity contribution in [3.05, 3.63) is 0 Å². The highest BCUT2D eigenvalue weighted by Gasteiger charge is 2.33. The predicted octanol–water partition coefficient (Wildman–Crippen LogP) is 3.04. The van der Waals surface area contributed by atoms with Gasteiger partial charge in [-0.2, -0.15) is 0 Å². The molecule has 2 aliphatic rings. The van der Waals surface area contributed by atoms with Gasteiger partial charge in [0.15, 0.2) is 0 Å². The molecule has 4 atom stereocenters. The molecule has 0 aromatic rings. The number of hydrogen-bond acceptors (Lipinski definition) is 3. The second kappa shape index (κ2) is 8.35. The first-order valence-electron chi connectivity index (χ1n) is 8.79. The molecular weight excluding hydrogens is 248 g/mol. The fraction of sp³-hybridized carbons (Fsp3) is 1.00. The number of likely N-dealkylation sites (N-methyl/N-ethyl adjacent to an activating group) is 2. The zero-order valence-corrected chi connectivity index (χ0v) is 13.7. The van der Waals surface area contributed by atoms with Gasteiger partial charge >= 0.3 is 0 Å². The average molecular weight is 282 g/mol. The minimum atomic E-state index is 0.480. The third-order valence-corrected chi connectivity index (χ3v) is 5.17. The Morgan fingerprint density at radius 2 is 2.05 bits per heavy atom. The first-order chi connectivity index (χ1) is 9.74. The third-order valence-electron chi connectivity index (χ3n) is 5.17. The lowest BCUT2D eigenvalue weighted by atomic mass is 9.79. The molecule has 0 radical (unpaired) electrons. The van der Waals surface area contributed by atoms with Crippen molar-refractivity contribution in [2.24, 2.45) is 5.92 Å². The monoisotopic (exact) mass is 282 g/mol. The lowest BCUT2D eigenvalue weighted by Crippen LogP contribution is -2.53. The van der Waals surface area contributed by atoms with Crippen LogP contribution in [0.4, 0.5) is 0 Å². The predicted molar refractivity (Wildman–Crippen MR) is 85.1 cm³/mol. The molecule has 3 heteroatoms. The second-order valence-electron chi connectivity index (χ2n) is 6.77. The molecule has 0 bridgehead atoms. The van der Waals surface area contributed by atoms with Gasteiger partial charge in [-0.15, -0.1) is 0 Å². The number of ether oxygens (including phenoxy) is 1. The van der Waals surface area contributed by atoms with Crippen molar-refractivity contribution in [2.45, 2.75) is 77.0 Å². The highest BCUT2D eigenvalue weighted by Crippen LogP contribution is 2.31. The number of nitrogens with one attached hydrogen (secondary N) is 1. The van der Waals surface area contributed by atoms with Crippen LogP contribution in [0, 0.1) is 5.92 Å². The normalized spacial score (nSPS) is 34.8. The SMILES string of the molecule is CCCC1CCC(NCC)C(N(C)CC2CCCO2)C1. The molecule has 0 aromatic carbocycles. The van der Waals surface area contributed by atoms with E-state index in [-0.39, 0.29) is 0 Å². The maximum Gasteiger partial charge on any atom is 0.0702 e. The van der Waals surface area contributed by atoms with Crippen molar-refractivity contribution in [2.75, 3.05) is 26.7 Å². The zero-order chi connectivity index (χ0) is 14.4. The highest BCUT2D eigenvalue weighted by molar-refractivity contribution is 4.91. The van der Waals surface area contributed by atoms with Crippen LogP contribution < -0.4 is 5.32 Å². The molecule has 1 aliphatic heterocycles. The minimum absolute atomic E-state index is 0.480. The summed E-state index contributed by atoms with van der Waals surface area (Å²) in [5.41, 5.74) is 0. The molecule has 3 nitrogen and oxygen atoms in total. The van der Waals surface area contributed by atoms with Gasteiger partial charge in [0.2, 0.25) is 0 Å². The van der Waals surface area contributed by atoms with Gasteiger partial charge in [0, 0.05) is 25.2 Å². The number of nitrogens with zero attached hydrogens (tertiary/aromatic N) is 1. The largest absolute Gasteiger partial charge is 0.377 e. The van der Waals surface area contributed by atoms with Crippen LogP contribution in [0.3, 0.4) is 0 Å². The summed E-state index contributed by atoms with van der Waals surface area (Å²) >= 11 is 0. The van der Waals surface area contributed by atoms with Crippen molar-refractivity contribution < 1.29 is 4.74 Å². The standard InChI is InChI=1S/C17H34N2O/c1-4-7-14-9-10-16(18-5-2)17(12-14)19(3)13-15-8-6-11-20-15/h14-18H,4-13H2,1-3H3. The summed E-state index contributed by atoms with van der Waals surface area (Å²) in [5, 5.41) is 3.72. The number of rotatable bonds is 7. The quantitative estimate of drug-likeness (QED) is 0.777. The summed E-state index contributed by atoms with van der Waals surface area (Å²) in [5.74, 6) is 0.937. The van der Waals surface area contributed by atoms with Gasteiger partial charge in [-0.1, -0.05) is 26.7 Å². The van der Waals surface area contributed by atoms with E-state index in [1.165, 1.54) is 44.9 Å². The van der Waals surface area contributed by atoms with Crippen molar-refractivity contribution in [3.63, 3.8) is 0 Å². The van der Waals surface area contributed by atoms with Crippen molar-refractivity contribution in [1.82, 2.24) is 10.2 Å². The summed E-state index contributed by atoms with van der Waals surface area (Å²) < 4.78 is 5.82. The molecule has 0 spiro atoms. The Bertz CT molecular complexity index is 266. The molecule has 1 aliphatic carbocycles. The molecule has 1 saturated heterocycles. The summed E-state index contributed by atoms with van der Waals surface area (Å²) in [6.45, 7) is 7.73. The smallest absolute Gasteiger partial charge is 0.0702 e. The van der Waals surface area contributed by atoms with Crippen LogP contribution in [0.15, 0.2) is 0 Å². The van der Waals surface area contributed by atoms with E-state index in [1.807, 2.05) is 0 Å². The van der Waals surface area contributed by atoms with Crippen LogP contribution in [0.1, 0.15) is 58.8 Å². The van der Waals surface area contributed by atoms with Crippen LogP contribution in [0.5, 0.6) is 0 Å². The van der Waals surface area contributed by atoms with E-state index < -0.39 is 0 Å². The Morgan fingerprint density at radius 1 is 1.20 bits per heavy atom. The van der Waals surface area contributed by atoms with Gasteiger partial charge in [0.25, 0.3) is 0 Å². The molecule has 2 rings (SSSR count). The zero-order valence-electron chi connectivity index (χ0n) is 13.7. The Labute approximate surface area is 125 Å². The van der Waals surface area contributed by atoms with Crippen molar-refractivity contribution >= 4 is 0 Å². The Morgan fingerprint density at radius 3 is 2.70 bits per heavy atom. The highest BCUT2D eigenvalue weighted by atomic mass is 16.5. The van der Waals surface area contributed by atoms with Gasteiger partial charge in [-0.25, -0.2) is 0 Å². The molecule has 118 valence electrons. The van der Waals surface area contributed by atoms with E-state index >= 15 is 0 Å². The van der Waals surface area contributed by atoms with Crippen molar-refractivity contribution in [1.29, 1.82) is 0 Å². The molecule has 20 heavy (non-hydrogen) atoms. The third kappa shape index (κ3) is 4.44. The molecule has 2 fully saturated rings. The fourth-order valence-corrected chi connectivity index (χ4v) is 4.13.